The molecule has 0 amide bonds. The summed E-state index contributed by atoms with van der Waals surface area (Å²) >= 11 is 7.83. The van der Waals surface area contributed by atoms with Gasteiger partial charge in [-0.25, -0.2) is 4.98 Å². The first-order chi connectivity index (χ1) is 9.58. The van der Waals surface area contributed by atoms with E-state index in [1.54, 1.807) is 11.3 Å². The van der Waals surface area contributed by atoms with Crippen molar-refractivity contribution in [2.45, 2.75) is 27.3 Å². The van der Waals surface area contributed by atoms with Crippen molar-refractivity contribution in [2.24, 2.45) is 0 Å². The summed E-state index contributed by atoms with van der Waals surface area (Å²) in [5.41, 5.74) is 5.66. The van der Waals surface area contributed by atoms with Crippen LogP contribution in [-0.2, 0) is 6.54 Å². The van der Waals surface area contributed by atoms with Crippen LogP contribution in [0.3, 0.4) is 0 Å². The van der Waals surface area contributed by atoms with Gasteiger partial charge in [-0.05, 0) is 38.5 Å². The highest BCUT2D eigenvalue weighted by molar-refractivity contribution is 7.15. The smallest absolute Gasteiger partial charge is 0.194 e. The van der Waals surface area contributed by atoms with Gasteiger partial charge < -0.3 is 5.32 Å². The van der Waals surface area contributed by atoms with E-state index in [4.69, 9.17) is 11.6 Å². The first-order valence-electron chi connectivity index (χ1n) is 6.49. The van der Waals surface area contributed by atoms with Crippen LogP contribution < -0.4 is 5.32 Å². The molecule has 0 aliphatic heterocycles. The number of anilines is 1. The van der Waals surface area contributed by atoms with E-state index in [9.17, 15) is 0 Å². The van der Waals surface area contributed by atoms with Crippen LogP contribution >= 0.6 is 22.9 Å². The number of aryl methyl sites for hydroxylation is 2. The maximum absolute atomic E-state index is 6.15. The molecule has 0 atom stereocenters. The first kappa shape index (κ1) is 13.5. The number of aromatic nitrogens is 2. The van der Waals surface area contributed by atoms with Gasteiger partial charge in [0, 0.05) is 21.8 Å². The van der Waals surface area contributed by atoms with Gasteiger partial charge in [0.25, 0.3) is 0 Å². The molecular weight excluding hydrogens is 290 g/mol. The molecule has 0 fully saturated rings. The van der Waals surface area contributed by atoms with E-state index >= 15 is 0 Å². The largest absolute Gasteiger partial charge is 0.379 e. The summed E-state index contributed by atoms with van der Waals surface area (Å²) in [5.74, 6) is 0. The molecule has 0 spiro atoms. The van der Waals surface area contributed by atoms with Gasteiger partial charge in [-0.3, -0.25) is 4.40 Å². The van der Waals surface area contributed by atoms with Crippen LogP contribution in [0, 0.1) is 20.8 Å². The predicted octanol–water partition coefficient (Wildman–Crippen LogP) is 4.59. The summed E-state index contributed by atoms with van der Waals surface area (Å²) in [6.45, 7) is 6.94. The van der Waals surface area contributed by atoms with Crippen LogP contribution in [0.1, 0.15) is 22.6 Å². The van der Waals surface area contributed by atoms with Gasteiger partial charge in [0.15, 0.2) is 4.96 Å². The molecule has 3 rings (SSSR count). The van der Waals surface area contributed by atoms with Crippen molar-refractivity contribution < 1.29 is 0 Å². The lowest BCUT2D eigenvalue weighted by Crippen LogP contribution is -2.05. The number of nitrogens with zero attached hydrogens (tertiary/aromatic N) is 2. The Hall–Kier alpha value is -1.52. The van der Waals surface area contributed by atoms with E-state index in [0.29, 0.717) is 0 Å². The maximum Gasteiger partial charge on any atom is 0.194 e. The zero-order valence-electron chi connectivity index (χ0n) is 11.7. The minimum absolute atomic E-state index is 0.742. The fraction of sp³-hybridized carbons (Fsp3) is 0.267. The number of halogens is 1. The number of nitrogens with one attached hydrogen (secondary N) is 1. The van der Waals surface area contributed by atoms with Gasteiger partial charge in [-0.2, -0.15) is 0 Å². The van der Waals surface area contributed by atoms with Crippen molar-refractivity contribution in [3.63, 3.8) is 0 Å². The number of imidazole rings is 1. The summed E-state index contributed by atoms with van der Waals surface area (Å²) in [4.78, 5) is 5.66. The zero-order chi connectivity index (χ0) is 14.3. The standard InChI is InChI=1S/C15H16ClN3S/c1-9-8-20-15-18-11(3)14(19(9)15)7-17-13-6-4-5-12(16)10(13)2/h4-6,8,17H,7H2,1-3H3. The normalized spacial score (nSPS) is 11.2. The molecule has 3 nitrogen and oxygen atoms in total. The van der Waals surface area contributed by atoms with Crippen LogP contribution in [0.25, 0.3) is 4.96 Å². The fourth-order valence-electron chi connectivity index (χ4n) is 2.35. The van der Waals surface area contributed by atoms with Crippen molar-refractivity contribution in [3.05, 3.63) is 51.2 Å². The molecule has 0 unspecified atom stereocenters. The minimum Gasteiger partial charge on any atom is -0.379 e. The van der Waals surface area contributed by atoms with Crippen LogP contribution in [0.5, 0.6) is 0 Å². The van der Waals surface area contributed by atoms with E-state index in [-0.39, 0.29) is 0 Å². The lowest BCUT2D eigenvalue weighted by Gasteiger charge is -2.11. The SMILES string of the molecule is Cc1nc2scc(C)n2c1CNc1cccc(Cl)c1C. The maximum atomic E-state index is 6.15. The summed E-state index contributed by atoms with van der Waals surface area (Å²) < 4.78 is 2.22. The Balaban J connectivity index is 1.92. The van der Waals surface area contributed by atoms with E-state index in [2.05, 4.69) is 40.0 Å². The Kier molecular flexibility index (Phi) is 3.44. The van der Waals surface area contributed by atoms with E-state index in [1.807, 2.05) is 19.1 Å². The summed E-state index contributed by atoms with van der Waals surface area (Å²) in [5, 5.41) is 6.39. The summed E-state index contributed by atoms with van der Waals surface area (Å²) in [6, 6.07) is 5.93. The fourth-order valence-corrected chi connectivity index (χ4v) is 3.46. The molecule has 2 heterocycles. The van der Waals surface area contributed by atoms with Gasteiger partial charge in [0.1, 0.15) is 0 Å². The molecule has 3 aromatic rings. The molecule has 1 aromatic carbocycles. The lowest BCUT2D eigenvalue weighted by molar-refractivity contribution is 0.965. The second-order valence-corrected chi connectivity index (χ2v) is 6.15. The molecule has 0 radical (unpaired) electrons. The average molecular weight is 306 g/mol. The van der Waals surface area contributed by atoms with Crippen LogP contribution in [0.4, 0.5) is 5.69 Å². The summed E-state index contributed by atoms with van der Waals surface area (Å²) in [6.07, 6.45) is 0. The molecular formula is C15H16ClN3S. The highest BCUT2D eigenvalue weighted by Gasteiger charge is 2.12. The monoisotopic (exact) mass is 305 g/mol. The molecule has 1 N–H and O–H groups in total. The Labute approximate surface area is 127 Å². The Morgan fingerprint density at radius 1 is 1.30 bits per heavy atom. The van der Waals surface area contributed by atoms with E-state index < -0.39 is 0 Å². The van der Waals surface area contributed by atoms with Crippen molar-refractivity contribution in [2.75, 3.05) is 5.32 Å². The number of benzene rings is 1. The molecule has 0 aliphatic carbocycles. The number of fused-ring (bicyclic) bond motifs is 1. The molecule has 2 aromatic heterocycles. The van der Waals surface area contributed by atoms with Gasteiger partial charge in [-0.1, -0.05) is 17.7 Å². The average Bonchev–Trinajstić information content (AvgIpc) is 2.92. The molecule has 20 heavy (non-hydrogen) atoms. The predicted molar refractivity (Wildman–Crippen MR) is 86.1 cm³/mol. The Bertz CT molecular complexity index is 773. The van der Waals surface area contributed by atoms with E-state index in [1.165, 1.54) is 11.4 Å². The number of hydrogen-bond acceptors (Lipinski definition) is 3. The van der Waals surface area contributed by atoms with E-state index in [0.717, 1.165) is 33.5 Å². The summed E-state index contributed by atoms with van der Waals surface area (Å²) in [7, 11) is 0. The lowest BCUT2D eigenvalue weighted by atomic mass is 10.2. The highest BCUT2D eigenvalue weighted by atomic mass is 35.5. The molecule has 5 heteroatoms. The van der Waals surface area contributed by atoms with Gasteiger partial charge >= 0.3 is 0 Å². The zero-order valence-corrected chi connectivity index (χ0v) is 13.3. The Morgan fingerprint density at radius 2 is 2.10 bits per heavy atom. The van der Waals surface area contributed by atoms with Gasteiger partial charge in [-0.15, -0.1) is 11.3 Å². The highest BCUT2D eigenvalue weighted by Crippen LogP contribution is 2.25. The van der Waals surface area contributed by atoms with Crippen LogP contribution in [0.15, 0.2) is 23.6 Å². The third-order valence-corrected chi connectivity index (χ3v) is 4.90. The number of rotatable bonds is 3. The quantitative estimate of drug-likeness (QED) is 0.767. The van der Waals surface area contributed by atoms with Crippen molar-refractivity contribution in [1.29, 1.82) is 0 Å². The van der Waals surface area contributed by atoms with Crippen molar-refractivity contribution >= 4 is 33.6 Å². The van der Waals surface area contributed by atoms with Gasteiger partial charge in [0.2, 0.25) is 0 Å². The van der Waals surface area contributed by atoms with Crippen molar-refractivity contribution in [3.8, 4) is 0 Å². The molecule has 0 aliphatic rings. The molecule has 104 valence electrons. The topological polar surface area (TPSA) is 29.3 Å². The molecule has 0 saturated carbocycles. The second-order valence-electron chi connectivity index (χ2n) is 4.90. The minimum atomic E-state index is 0.742. The number of thiazole rings is 1. The first-order valence-corrected chi connectivity index (χ1v) is 7.74. The third kappa shape index (κ3) is 2.19. The third-order valence-electron chi connectivity index (χ3n) is 3.54. The Morgan fingerprint density at radius 3 is 2.90 bits per heavy atom. The molecule has 0 saturated heterocycles. The molecule has 0 bridgehead atoms. The van der Waals surface area contributed by atoms with Crippen molar-refractivity contribution in [1.82, 2.24) is 9.38 Å². The number of hydrogen-bond donors (Lipinski definition) is 1. The van der Waals surface area contributed by atoms with Gasteiger partial charge in [0.05, 0.1) is 17.9 Å². The van der Waals surface area contributed by atoms with Crippen LogP contribution in [-0.4, -0.2) is 9.38 Å². The van der Waals surface area contributed by atoms with Crippen LogP contribution in [0.2, 0.25) is 5.02 Å². The second kappa shape index (κ2) is 5.11.